The molecule has 0 radical (unpaired) electrons. The van der Waals surface area contributed by atoms with Crippen LogP contribution in [0.15, 0.2) is 18.2 Å². The highest BCUT2D eigenvalue weighted by molar-refractivity contribution is 5.95. The number of nitrogens with one attached hydrogen (secondary N) is 1. The molecule has 2 bridgehead atoms. The van der Waals surface area contributed by atoms with Crippen LogP contribution in [-0.4, -0.2) is 73.0 Å². The number of piperidine rings is 1. The number of hydrogen-bond acceptors (Lipinski definition) is 6. The van der Waals surface area contributed by atoms with E-state index >= 15 is 0 Å². The van der Waals surface area contributed by atoms with Crippen molar-refractivity contribution in [2.45, 2.75) is 69.2 Å². The fourth-order valence-corrected chi connectivity index (χ4v) is 5.73. The molecular weight excluding hydrogens is 424 g/mol. The molecule has 2 amide bonds. The zero-order chi connectivity index (χ0) is 22.8. The van der Waals surface area contributed by atoms with Crippen molar-refractivity contribution in [3.63, 3.8) is 0 Å². The van der Waals surface area contributed by atoms with E-state index in [4.69, 9.17) is 14.2 Å². The third-order valence-corrected chi connectivity index (χ3v) is 7.45. The highest BCUT2D eigenvalue weighted by atomic mass is 16.5. The van der Waals surface area contributed by atoms with Crippen molar-refractivity contribution in [1.29, 1.82) is 0 Å². The number of benzene rings is 1. The molecule has 2 N–H and O–H groups in total. The molecule has 33 heavy (non-hydrogen) atoms. The Labute approximate surface area is 194 Å². The minimum atomic E-state index is -0.659. The number of nitrogens with zero attached hydrogens (tertiary/aromatic N) is 1. The van der Waals surface area contributed by atoms with Crippen LogP contribution in [0.25, 0.3) is 0 Å². The summed E-state index contributed by atoms with van der Waals surface area (Å²) in [6.45, 7) is 2.70. The minimum Gasteiger partial charge on any atom is -0.490 e. The Hall–Kier alpha value is -2.16. The van der Waals surface area contributed by atoms with Gasteiger partial charge in [-0.1, -0.05) is 0 Å². The molecule has 5 rings (SSSR count). The summed E-state index contributed by atoms with van der Waals surface area (Å²) in [6.07, 6.45) is 4.82. The van der Waals surface area contributed by atoms with E-state index in [1.165, 1.54) is 6.42 Å². The maximum Gasteiger partial charge on any atom is 0.230 e. The number of rotatable bonds is 5. The molecule has 4 aliphatic rings. The molecule has 8 heteroatoms. The van der Waals surface area contributed by atoms with Crippen LogP contribution >= 0.6 is 0 Å². The van der Waals surface area contributed by atoms with E-state index < -0.39 is 12.0 Å². The van der Waals surface area contributed by atoms with Crippen LogP contribution in [0.5, 0.6) is 5.75 Å². The average Bonchev–Trinajstić information content (AvgIpc) is 2.96. The van der Waals surface area contributed by atoms with Crippen LogP contribution in [0.3, 0.4) is 0 Å². The van der Waals surface area contributed by atoms with E-state index in [1.807, 2.05) is 23.1 Å². The van der Waals surface area contributed by atoms with Gasteiger partial charge in [-0.05, 0) is 43.9 Å². The van der Waals surface area contributed by atoms with E-state index in [0.717, 1.165) is 55.8 Å². The molecular formula is C25H34N2O6. The Morgan fingerprint density at radius 2 is 1.97 bits per heavy atom. The van der Waals surface area contributed by atoms with E-state index in [1.54, 1.807) is 0 Å². The predicted molar refractivity (Wildman–Crippen MR) is 121 cm³/mol. The first-order valence-electron chi connectivity index (χ1n) is 12.4. The molecule has 0 unspecified atom stereocenters. The van der Waals surface area contributed by atoms with Gasteiger partial charge in [0.25, 0.3) is 0 Å². The number of carbonyl (C=O) groups excluding carboxylic acids is 2. The summed E-state index contributed by atoms with van der Waals surface area (Å²) in [5.41, 5.74) is 1.68. The lowest BCUT2D eigenvalue weighted by atomic mass is 9.76. The Morgan fingerprint density at radius 1 is 1.18 bits per heavy atom. The van der Waals surface area contributed by atoms with Crippen molar-refractivity contribution < 1.29 is 28.9 Å². The van der Waals surface area contributed by atoms with Crippen molar-refractivity contribution in [2.75, 3.05) is 38.2 Å². The molecule has 0 aliphatic carbocycles. The van der Waals surface area contributed by atoms with Crippen molar-refractivity contribution in [2.24, 2.45) is 5.92 Å². The molecule has 0 saturated carbocycles. The third-order valence-electron chi connectivity index (χ3n) is 7.45. The zero-order valence-corrected chi connectivity index (χ0v) is 19.0. The Kier molecular flexibility index (Phi) is 6.85. The highest BCUT2D eigenvalue weighted by Crippen LogP contribution is 2.46. The Bertz CT molecular complexity index is 864. The van der Waals surface area contributed by atoms with Crippen molar-refractivity contribution in [3.05, 3.63) is 23.8 Å². The topological polar surface area (TPSA) is 97.3 Å². The molecule has 4 heterocycles. The van der Waals surface area contributed by atoms with Crippen LogP contribution in [0.1, 0.15) is 56.4 Å². The van der Waals surface area contributed by atoms with Gasteiger partial charge in [-0.25, -0.2) is 0 Å². The Morgan fingerprint density at radius 3 is 2.73 bits per heavy atom. The van der Waals surface area contributed by atoms with Crippen molar-refractivity contribution in [1.82, 2.24) is 4.90 Å². The van der Waals surface area contributed by atoms with Crippen LogP contribution in [0, 0.1) is 5.92 Å². The van der Waals surface area contributed by atoms with E-state index in [9.17, 15) is 14.7 Å². The second-order valence-electron chi connectivity index (χ2n) is 9.66. The van der Waals surface area contributed by atoms with Crippen LogP contribution in [0.2, 0.25) is 0 Å². The van der Waals surface area contributed by atoms with Crippen molar-refractivity contribution >= 4 is 17.5 Å². The molecule has 1 aromatic rings. The lowest BCUT2D eigenvalue weighted by Gasteiger charge is -2.41. The molecule has 0 aromatic heterocycles. The number of hydrogen-bond donors (Lipinski definition) is 2. The number of aliphatic hydroxyl groups excluding tert-OH is 1. The summed E-state index contributed by atoms with van der Waals surface area (Å²) in [5.74, 6) is -0.00381. The molecule has 8 nitrogen and oxygen atoms in total. The number of carbonyl (C=O) groups is 2. The Balaban J connectivity index is 1.39. The predicted octanol–water partition coefficient (Wildman–Crippen LogP) is 2.45. The van der Waals surface area contributed by atoms with E-state index in [-0.39, 0.29) is 43.0 Å². The molecule has 3 saturated heterocycles. The van der Waals surface area contributed by atoms with Crippen LogP contribution in [-0.2, 0) is 19.1 Å². The van der Waals surface area contributed by atoms with E-state index in [0.29, 0.717) is 19.6 Å². The van der Waals surface area contributed by atoms with Gasteiger partial charge >= 0.3 is 0 Å². The first-order valence-corrected chi connectivity index (χ1v) is 12.4. The molecule has 180 valence electrons. The summed E-state index contributed by atoms with van der Waals surface area (Å²) in [7, 11) is 0. The van der Waals surface area contributed by atoms with Gasteiger partial charge in [0.05, 0.1) is 44.4 Å². The zero-order valence-electron chi connectivity index (χ0n) is 19.0. The summed E-state index contributed by atoms with van der Waals surface area (Å²) in [6, 6.07) is 5.78. The van der Waals surface area contributed by atoms with Crippen LogP contribution < -0.4 is 10.1 Å². The minimum absolute atomic E-state index is 0.0798. The quantitative estimate of drug-likeness (QED) is 0.704. The molecule has 1 aromatic carbocycles. The van der Waals surface area contributed by atoms with Gasteiger partial charge in [-0.2, -0.15) is 0 Å². The summed E-state index contributed by atoms with van der Waals surface area (Å²) < 4.78 is 18.0. The summed E-state index contributed by atoms with van der Waals surface area (Å²) in [5, 5.41) is 13.1. The number of fused-ring (bicyclic) bond motifs is 4. The lowest BCUT2D eigenvalue weighted by Crippen LogP contribution is -2.48. The SMILES string of the molecule is O=C1Nc2ccc(OC3CCOCC3)c(c2)[C@H]2C[C@H](CC(=O)N3CCCCC3)O[C@H](CO)[C@@H]12. The number of aliphatic hydroxyl groups is 1. The normalized spacial score (nSPS) is 30.2. The highest BCUT2D eigenvalue weighted by Gasteiger charge is 2.46. The largest absolute Gasteiger partial charge is 0.490 e. The summed E-state index contributed by atoms with van der Waals surface area (Å²) >= 11 is 0. The van der Waals surface area contributed by atoms with Gasteiger partial charge in [0.15, 0.2) is 0 Å². The third kappa shape index (κ3) is 4.88. The van der Waals surface area contributed by atoms with Crippen LogP contribution in [0.4, 0.5) is 5.69 Å². The monoisotopic (exact) mass is 458 g/mol. The average molecular weight is 459 g/mol. The van der Waals surface area contributed by atoms with Gasteiger partial charge in [-0.3, -0.25) is 9.59 Å². The number of amides is 2. The number of likely N-dealkylation sites (tertiary alicyclic amines) is 1. The van der Waals surface area contributed by atoms with Gasteiger partial charge in [-0.15, -0.1) is 0 Å². The first-order chi connectivity index (χ1) is 16.1. The molecule has 4 atom stereocenters. The fraction of sp³-hybridized carbons (Fsp3) is 0.680. The van der Waals surface area contributed by atoms with Gasteiger partial charge in [0, 0.05) is 43.1 Å². The number of anilines is 1. The molecule has 4 aliphatic heterocycles. The molecule has 3 fully saturated rings. The van der Waals surface area contributed by atoms with Gasteiger partial charge < -0.3 is 29.5 Å². The maximum absolute atomic E-state index is 13.1. The first kappa shape index (κ1) is 22.6. The standard InChI is InChI=1S/C25H34N2O6/c28-15-22-24-20(13-18(33-22)14-23(29)27-8-2-1-3-9-27)19-12-16(26-25(24)30)4-5-21(19)32-17-6-10-31-11-7-17/h4-5,12,17-18,20,22,24,28H,1-3,6-11,13-15H2,(H,26,30)/t18-,20-,22-,24+/m1/s1. The van der Waals surface area contributed by atoms with E-state index in [2.05, 4.69) is 5.32 Å². The summed E-state index contributed by atoms with van der Waals surface area (Å²) in [4.78, 5) is 28.0. The lowest BCUT2D eigenvalue weighted by molar-refractivity contribution is -0.152. The second-order valence-corrected chi connectivity index (χ2v) is 9.66. The van der Waals surface area contributed by atoms with Crippen molar-refractivity contribution in [3.8, 4) is 5.75 Å². The van der Waals surface area contributed by atoms with Gasteiger partial charge in [0.2, 0.25) is 11.8 Å². The second kappa shape index (κ2) is 9.99. The maximum atomic E-state index is 13.1. The van der Waals surface area contributed by atoms with Gasteiger partial charge in [0.1, 0.15) is 11.9 Å². The fourth-order valence-electron chi connectivity index (χ4n) is 5.73. The smallest absolute Gasteiger partial charge is 0.230 e. The number of ether oxygens (including phenoxy) is 3. The molecule has 0 spiro atoms.